The SMILES string of the molecule is Cc1ccnc(Oc2ccc(F)cc2C(=O)O)c1. The number of carbonyl (C=O) groups is 1. The van der Waals surface area contributed by atoms with Gasteiger partial charge < -0.3 is 9.84 Å². The van der Waals surface area contributed by atoms with Crippen molar-refractivity contribution >= 4 is 5.97 Å². The van der Waals surface area contributed by atoms with Crippen LogP contribution in [-0.2, 0) is 0 Å². The molecule has 0 amide bonds. The van der Waals surface area contributed by atoms with Crippen molar-refractivity contribution in [2.45, 2.75) is 6.92 Å². The first-order chi connectivity index (χ1) is 8.56. The zero-order valence-corrected chi connectivity index (χ0v) is 9.55. The number of hydrogen-bond donors (Lipinski definition) is 1. The Kier molecular flexibility index (Phi) is 3.23. The van der Waals surface area contributed by atoms with Crippen molar-refractivity contribution in [1.29, 1.82) is 0 Å². The summed E-state index contributed by atoms with van der Waals surface area (Å²) in [5.74, 6) is -1.56. The molecule has 0 atom stereocenters. The first-order valence-corrected chi connectivity index (χ1v) is 5.19. The number of benzene rings is 1. The molecule has 1 N–H and O–H groups in total. The number of carboxylic acid groups (broad SMARTS) is 1. The number of nitrogens with zero attached hydrogens (tertiary/aromatic N) is 1. The second-order valence-corrected chi connectivity index (χ2v) is 3.72. The molecule has 1 aromatic carbocycles. The van der Waals surface area contributed by atoms with Gasteiger partial charge in [0, 0.05) is 12.3 Å². The average Bonchev–Trinajstić information content (AvgIpc) is 2.31. The number of ether oxygens (including phenoxy) is 1. The molecule has 1 heterocycles. The van der Waals surface area contributed by atoms with Crippen LogP contribution in [0.5, 0.6) is 11.6 Å². The Balaban J connectivity index is 2.37. The normalized spacial score (nSPS) is 10.1. The first-order valence-electron chi connectivity index (χ1n) is 5.19. The molecule has 0 saturated carbocycles. The lowest BCUT2D eigenvalue weighted by molar-refractivity contribution is 0.0693. The summed E-state index contributed by atoms with van der Waals surface area (Å²) in [5.41, 5.74) is 0.692. The van der Waals surface area contributed by atoms with Crippen LogP contribution in [-0.4, -0.2) is 16.1 Å². The van der Waals surface area contributed by atoms with Crippen molar-refractivity contribution in [2.75, 3.05) is 0 Å². The molecule has 0 radical (unpaired) electrons. The van der Waals surface area contributed by atoms with Gasteiger partial charge in [-0.15, -0.1) is 0 Å². The molecule has 1 aromatic heterocycles. The van der Waals surface area contributed by atoms with Gasteiger partial charge in [-0.1, -0.05) is 0 Å². The standard InChI is InChI=1S/C13H10FNO3/c1-8-4-5-15-12(6-8)18-11-3-2-9(14)7-10(11)13(16)17/h2-7H,1H3,(H,16,17). The van der Waals surface area contributed by atoms with Crippen LogP contribution in [0.1, 0.15) is 15.9 Å². The lowest BCUT2D eigenvalue weighted by Crippen LogP contribution is -2.01. The molecule has 0 spiro atoms. The van der Waals surface area contributed by atoms with E-state index in [1.807, 2.05) is 6.92 Å². The van der Waals surface area contributed by atoms with Crippen molar-refractivity contribution in [3.8, 4) is 11.6 Å². The molecule has 2 rings (SSSR count). The third-order valence-electron chi connectivity index (χ3n) is 2.28. The van der Waals surface area contributed by atoms with Crippen molar-refractivity contribution in [3.05, 3.63) is 53.5 Å². The number of aromatic nitrogens is 1. The first kappa shape index (κ1) is 12.0. The number of halogens is 1. The third-order valence-corrected chi connectivity index (χ3v) is 2.28. The number of aryl methyl sites for hydroxylation is 1. The molecule has 0 fully saturated rings. The molecule has 0 bridgehead atoms. The Morgan fingerprint density at radius 1 is 1.33 bits per heavy atom. The second-order valence-electron chi connectivity index (χ2n) is 3.72. The topological polar surface area (TPSA) is 59.4 Å². The second kappa shape index (κ2) is 4.83. The Labute approximate surface area is 103 Å². The Morgan fingerprint density at radius 3 is 2.78 bits per heavy atom. The van der Waals surface area contributed by atoms with Gasteiger partial charge in [0.15, 0.2) is 0 Å². The van der Waals surface area contributed by atoms with Crippen LogP contribution in [0.3, 0.4) is 0 Å². The molecule has 0 saturated heterocycles. The molecule has 0 unspecified atom stereocenters. The molecule has 0 aliphatic heterocycles. The Morgan fingerprint density at radius 2 is 2.11 bits per heavy atom. The molecule has 2 aromatic rings. The minimum absolute atomic E-state index is 0.0574. The summed E-state index contributed by atoms with van der Waals surface area (Å²) in [6.07, 6.45) is 1.55. The van der Waals surface area contributed by atoms with Crippen molar-refractivity contribution in [3.63, 3.8) is 0 Å². The van der Waals surface area contributed by atoms with Crippen LogP contribution >= 0.6 is 0 Å². The van der Waals surface area contributed by atoms with E-state index in [0.29, 0.717) is 0 Å². The molecular weight excluding hydrogens is 237 g/mol. The van der Waals surface area contributed by atoms with E-state index in [1.54, 1.807) is 18.3 Å². The van der Waals surface area contributed by atoms with Gasteiger partial charge in [0.2, 0.25) is 5.88 Å². The zero-order chi connectivity index (χ0) is 13.1. The zero-order valence-electron chi connectivity index (χ0n) is 9.55. The van der Waals surface area contributed by atoms with E-state index in [4.69, 9.17) is 9.84 Å². The van der Waals surface area contributed by atoms with Crippen LogP contribution in [0.15, 0.2) is 36.5 Å². The fourth-order valence-electron chi connectivity index (χ4n) is 1.44. The smallest absolute Gasteiger partial charge is 0.339 e. The van der Waals surface area contributed by atoms with Gasteiger partial charge in [-0.05, 0) is 36.8 Å². The molecule has 92 valence electrons. The lowest BCUT2D eigenvalue weighted by atomic mass is 10.2. The van der Waals surface area contributed by atoms with Gasteiger partial charge in [0.05, 0.1) is 0 Å². The van der Waals surface area contributed by atoms with Crippen molar-refractivity contribution < 1.29 is 19.0 Å². The molecule has 5 heteroatoms. The molecule has 0 aliphatic carbocycles. The van der Waals surface area contributed by atoms with Crippen LogP contribution in [0.2, 0.25) is 0 Å². The predicted molar refractivity (Wildman–Crippen MR) is 62.4 cm³/mol. The number of carboxylic acids is 1. The number of rotatable bonds is 3. The third kappa shape index (κ3) is 2.63. The Bertz CT molecular complexity index is 599. The van der Waals surface area contributed by atoms with Crippen molar-refractivity contribution in [1.82, 2.24) is 4.98 Å². The van der Waals surface area contributed by atoms with E-state index in [0.717, 1.165) is 17.7 Å². The van der Waals surface area contributed by atoms with E-state index < -0.39 is 11.8 Å². The van der Waals surface area contributed by atoms with Crippen LogP contribution < -0.4 is 4.74 Å². The number of pyridine rings is 1. The van der Waals surface area contributed by atoms with Gasteiger partial charge >= 0.3 is 5.97 Å². The highest BCUT2D eigenvalue weighted by atomic mass is 19.1. The van der Waals surface area contributed by atoms with E-state index in [1.165, 1.54) is 6.07 Å². The highest BCUT2D eigenvalue weighted by molar-refractivity contribution is 5.90. The van der Waals surface area contributed by atoms with Gasteiger partial charge in [-0.25, -0.2) is 14.2 Å². The van der Waals surface area contributed by atoms with Gasteiger partial charge in [-0.3, -0.25) is 0 Å². The maximum absolute atomic E-state index is 13.0. The average molecular weight is 247 g/mol. The lowest BCUT2D eigenvalue weighted by Gasteiger charge is -2.08. The fraction of sp³-hybridized carbons (Fsp3) is 0.0769. The summed E-state index contributed by atoms with van der Waals surface area (Å²) in [5, 5.41) is 8.96. The maximum Gasteiger partial charge on any atom is 0.339 e. The fourth-order valence-corrected chi connectivity index (χ4v) is 1.44. The number of aromatic carboxylic acids is 1. The highest BCUT2D eigenvalue weighted by Gasteiger charge is 2.13. The van der Waals surface area contributed by atoms with Crippen LogP contribution in [0, 0.1) is 12.7 Å². The molecule has 0 aliphatic rings. The summed E-state index contributed by atoms with van der Waals surface area (Å²) >= 11 is 0. The molecular formula is C13H10FNO3. The summed E-state index contributed by atoms with van der Waals surface area (Å²) in [4.78, 5) is 14.9. The monoisotopic (exact) mass is 247 g/mol. The minimum Gasteiger partial charge on any atom is -0.478 e. The van der Waals surface area contributed by atoms with E-state index in [2.05, 4.69) is 4.98 Å². The highest BCUT2D eigenvalue weighted by Crippen LogP contribution is 2.25. The van der Waals surface area contributed by atoms with Gasteiger partial charge in [0.1, 0.15) is 17.1 Å². The minimum atomic E-state index is -1.25. The largest absolute Gasteiger partial charge is 0.478 e. The summed E-state index contributed by atoms with van der Waals surface area (Å²) in [7, 11) is 0. The van der Waals surface area contributed by atoms with Crippen molar-refractivity contribution in [2.24, 2.45) is 0 Å². The van der Waals surface area contributed by atoms with Crippen LogP contribution in [0.25, 0.3) is 0 Å². The maximum atomic E-state index is 13.0. The van der Waals surface area contributed by atoms with Gasteiger partial charge in [-0.2, -0.15) is 0 Å². The van der Waals surface area contributed by atoms with Crippen LogP contribution in [0.4, 0.5) is 4.39 Å². The van der Waals surface area contributed by atoms with Gasteiger partial charge in [0.25, 0.3) is 0 Å². The molecule has 4 nitrogen and oxygen atoms in total. The quantitative estimate of drug-likeness (QED) is 0.905. The summed E-state index contributed by atoms with van der Waals surface area (Å²) < 4.78 is 18.3. The summed E-state index contributed by atoms with van der Waals surface area (Å²) in [6, 6.07) is 6.76. The summed E-state index contributed by atoms with van der Waals surface area (Å²) in [6.45, 7) is 1.86. The predicted octanol–water partition coefficient (Wildman–Crippen LogP) is 3.02. The Hall–Kier alpha value is -2.43. The van der Waals surface area contributed by atoms with E-state index in [9.17, 15) is 9.18 Å². The van der Waals surface area contributed by atoms with E-state index >= 15 is 0 Å². The molecule has 18 heavy (non-hydrogen) atoms. The number of hydrogen-bond acceptors (Lipinski definition) is 3. The van der Waals surface area contributed by atoms with E-state index in [-0.39, 0.29) is 17.2 Å².